The minimum absolute atomic E-state index is 0.227. The monoisotopic (exact) mass is 411 g/mol. The lowest BCUT2D eigenvalue weighted by atomic mass is 10.0. The predicted molar refractivity (Wildman–Crippen MR) is 109 cm³/mol. The van der Waals surface area contributed by atoms with Crippen molar-refractivity contribution in [3.8, 4) is 0 Å². The first kappa shape index (κ1) is 20.5. The zero-order chi connectivity index (χ0) is 21.0. The lowest BCUT2D eigenvalue weighted by molar-refractivity contribution is 0.0673. The number of amides is 2. The van der Waals surface area contributed by atoms with Crippen molar-refractivity contribution in [2.45, 2.75) is 19.5 Å². The van der Waals surface area contributed by atoms with Gasteiger partial charge in [-0.15, -0.1) is 0 Å². The Labute approximate surface area is 172 Å². The highest BCUT2D eigenvalue weighted by Crippen LogP contribution is 2.30. The Morgan fingerprint density at radius 2 is 1.93 bits per heavy atom. The Kier molecular flexibility index (Phi) is 6.24. The van der Waals surface area contributed by atoms with Gasteiger partial charge < -0.3 is 10.6 Å². The number of nitrogens with zero attached hydrogens (tertiary/aromatic N) is 2. The van der Waals surface area contributed by atoms with E-state index in [-0.39, 0.29) is 23.6 Å². The van der Waals surface area contributed by atoms with Crippen LogP contribution in [-0.2, 0) is 6.54 Å². The summed E-state index contributed by atoms with van der Waals surface area (Å²) in [6.07, 6.45) is 3.31. The van der Waals surface area contributed by atoms with Crippen LogP contribution in [-0.4, -0.2) is 21.7 Å². The van der Waals surface area contributed by atoms with E-state index in [1.54, 1.807) is 41.6 Å². The molecule has 3 rings (SSSR count). The maximum Gasteiger partial charge on any atom is 0.254 e. The van der Waals surface area contributed by atoms with Crippen LogP contribution < -0.4 is 5.73 Å². The Bertz CT molecular complexity index is 1040. The van der Waals surface area contributed by atoms with Gasteiger partial charge >= 0.3 is 0 Å². The fourth-order valence-electron chi connectivity index (χ4n) is 3.05. The number of nitrogens with two attached hydrogens (primary N) is 1. The molecular formula is C22H19ClFN3O2. The fraction of sp³-hybridized carbons (Fsp3) is 0.136. The average Bonchev–Trinajstić information content (AvgIpc) is 2.71. The van der Waals surface area contributed by atoms with E-state index < -0.39 is 17.8 Å². The quantitative estimate of drug-likeness (QED) is 0.654. The van der Waals surface area contributed by atoms with E-state index in [2.05, 4.69) is 4.98 Å². The number of hydrogen-bond donors (Lipinski definition) is 1. The topological polar surface area (TPSA) is 76.3 Å². The van der Waals surface area contributed by atoms with Crippen LogP contribution in [0.15, 0.2) is 67.0 Å². The smallest absolute Gasteiger partial charge is 0.254 e. The summed E-state index contributed by atoms with van der Waals surface area (Å²) in [5, 5.41) is 0.317. The van der Waals surface area contributed by atoms with Gasteiger partial charge in [-0.25, -0.2) is 4.39 Å². The summed E-state index contributed by atoms with van der Waals surface area (Å²) in [5.41, 5.74) is 7.27. The van der Waals surface area contributed by atoms with Gasteiger partial charge in [-0.3, -0.25) is 14.6 Å². The van der Waals surface area contributed by atoms with Gasteiger partial charge in [0, 0.05) is 35.1 Å². The van der Waals surface area contributed by atoms with Crippen LogP contribution in [0.1, 0.15) is 44.8 Å². The van der Waals surface area contributed by atoms with Crippen molar-refractivity contribution in [2.75, 3.05) is 0 Å². The molecule has 7 heteroatoms. The SMILES string of the molecule is C[C@@H](c1ccc(C(N)=O)cc1Cl)N(Cc1cccnc1)C(=O)c1cccc(F)c1. The molecule has 29 heavy (non-hydrogen) atoms. The molecule has 0 unspecified atom stereocenters. The molecule has 0 aliphatic rings. The third-order valence-electron chi connectivity index (χ3n) is 4.61. The predicted octanol–water partition coefficient (Wildman–Crippen LogP) is 4.38. The molecule has 1 heterocycles. The van der Waals surface area contributed by atoms with E-state index in [9.17, 15) is 14.0 Å². The molecular weight excluding hydrogens is 393 g/mol. The first-order valence-electron chi connectivity index (χ1n) is 8.91. The second-order valence-corrected chi connectivity index (χ2v) is 6.99. The highest BCUT2D eigenvalue weighted by molar-refractivity contribution is 6.31. The first-order valence-corrected chi connectivity index (χ1v) is 9.29. The molecule has 0 aliphatic heterocycles. The lowest BCUT2D eigenvalue weighted by Crippen LogP contribution is -2.33. The van der Waals surface area contributed by atoms with Gasteiger partial charge in [0.05, 0.1) is 6.04 Å². The number of hydrogen-bond acceptors (Lipinski definition) is 3. The summed E-state index contributed by atoms with van der Waals surface area (Å²) in [7, 11) is 0. The number of halogens is 2. The zero-order valence-corrected chi connectivity index (χ0v) is 16.4. The Hall–Kier alpha value is -3.25. The van der Waals surface area contributed by atoms with Gasteiger partial charge in [-0.05, 0) is 54.4 Å². The van der Waals surface area contributed by atoms with Crippen LogP contribution in [0, 0.1) is 5.82 Å². The molecule has 148 valence electrons. The molecule has 0 bridgehead atoms. The van der Waals surface area contributed by atoms with E-state index >= 15 is 0 Å². The maximum atomic E-state index is 13.7. The molecule has 2 amide bonds. The molecule has 0 spiro atoms. The Morgan fingerprint density at radius 3 is 2.55 bits per heavy atom. The van der Waals surface area contributed by atoms with Crippen molar-refractivity contribution in [3.63, 3.8) is 0 Å². The van der Waals surface area contributed by atoms with E-state index in [0.717, 1.165) is 5.56 Å². The normalized spacial score (nSPS) is 11.7. The Balaban J connectivity index is 2.00. The van der Waals surface area contributed by atoms with Crippen LogP contribution in [0.5, 0.6) is 0 Å². The summed E-state index contributed by atoms with van der Waals surface area (Å²) in [4.78, 5) is 30.3. The molecule has 5 nitrogen and oxygen atoms in total. The molecule has 1 atom stereocenters. The van der Waals surface area contributed by atoms with Crippen LogP contribution in [0.3, 0.4) is 0 Å². The lowest BCUT2D eigenvalue weighted by Gasteiger charge is -2.30. The number of carbonyl (C=O) groups is 2. The molecule has 1 aromatic heterocycles. The van der Waals surface area contributed by atoms with Gasteiger partial charge in [0.25, 0.3) is 5.91 Å². The van der Waals surface area contributed by atoms with Crippen molar-refractivity contribution in [3.05, 3.63) is 100 Å². The highest BCUT2D eigenvalue weighted by Gasteiger charge is 2.25. The molecule has 3 aromatic rings. The van der Waals surface area contributed by atoms with Crippen molar-refractivity contribution in [1.82, 2.24) is 9.88 Å². The molecule has 0 radical (unpaired) electrons. The van der Waals surface area contributed by atoms with Crippen molar-refractivity contribution < 1.29 is 14.0 Å². The maximum absolute atomic E-state index is 13.7. The highest BCUT2D eigenvalue weighted by atomic mass is 35.5. The second kappa shape index (κ2) is 8.84. The Morgan fingerprint density at radius 1 is 1.14 bits per heavy atom. The van der Waals surface area contributed by atoms with Crippen molar-refractivity contribution in [1.29, 1.82) is 0 Å². The first-order chi connectivity index (χ1) is 13.9. The van der Waals surface area contributed by atoms with Gasteiger partial charge in [-0.1, -0.05) is 29.8 Å². The van der Waals surface area contributed by atoms with Gasteiger partial charge in [0.1, 0.15) is 5.82 Å². The molecule has 2 aromatic carbocycles. The van der Waals surface area contributed by atoms with Crippen LogP contribution in [0.25, 0.3) is 0 Å². The molecule has 0 fully saturated rings. The number of rotatable bonds is 6. The van der Waals surface area contributed by atoms with Gasteiger partial charge in [0.2, 0.25) is 5.91 Å². The van der Waals surface area contributed by atoms with Crippen molar-refractivity contribution in [2.24, 2.45) is 5.73 Å². The number of carbonyl (C=O) groups excluding carboxylic acids is 2. The number of pyridine rings is 1. The van der Waals surface area contributed by atoms with Crippen LogP contribution >= 0.6 is 11.6 Å². The fourth-order valence-corrected chi connectivity index (χ4v) is 3.39. The van der Waals surface area contributed by atoms with E-state index in [0.29, 0.717) is 10.6 Å². The second-order valence-electron chi connectivity index (χ2n) is 6.58. The molecule has 0 saturated carbocycles. The van der Waals surface area contributed by atoms with Crippen LogP contribution in [0.4, 0.5) is 4.39 Å². The number of primary amides is 1. The molecule has 2 N–H and O–H groups in total. The number of aromatic nitrogens is 1. The third-order valence-corrected chi connectivity index (χ3v) is 4.94. The van der Waals surface area contributed by atoms with E-state index in [1.807, 2.05) is 13.0 Å². The summed E-state index contributed by atoms with van der Waals surface area (Å²) in [6, 6.07) is 13.4. The summed E-state index contributed by atoms with van der Waals surface area (Å²) in [6.45, 7) is 2.07. The van der Waals surface area contributed by atoms with E-state index in [4.69, 9.17) is 17.3 Å². The van der Waals surface area contributed by atoms with Crippen LogP contribution in [0.2, 0.25) is 5.02 Å². The van der Waals surface area contributed by atoms with Gasteiger partial charge in [0.15, 0.2) is 0 Å². The van der Waals surface area contributed by atoms with Crippen molar-refractivity contribution >= 4 is 23.4 Å². The molecule has 0 saturated heterocycles. The van der Waals surface area contributed by atoms with Gasteiger partial charge in [-0.2, -0.15) is 0 Å². The average molecular weight is 412 g/mol. The summed E-state index contributed by atoms with van der Waals surface area (Å²) in [5.74, 6) is -1.43. The molecule has 0 aliphatic carbocycles. The standard InChI is InChI=1S/C22H19ClFN3O2/c1-14(19-8-7-16(21(25)28)11-20(19)23)27(13-15-4-3-9-26-12-15)22(29)17-5-2-6-18(24)10-17/h2-12,14H,13H2,1H3,(H2,25,28)/t14-/m0/s1. The number of benzene rings is 2. The summed E-state index contributed by atoms with van der Waals surface area (Å²) < 4.78 is 13.7. The van der Waals surface area contributed by atoms with E-state index in [1.165, 1.54) is 24.3 Å². The minimum Gasteiger partial charge on any atom is -0.366 e. The zero-order valence-electron chi connectivity index (χ0n) is 15.7. The minimum atomic E-state index is -0.589. The summed E-state index contributed by atoms with van der Waals surface area (Å²) >= 11 is 6.37. The third kappa shape index (κ3) is 4.78. The largest absolute Gasteiger partial charge is 0.366 e.